The summed E-state index contributed by atoms with van der Waals surface area (Å²) in [6.07, 6.45) is 2.28. The topological polar surface area (TPSA) is 94.8 Å². The minimum Gasteiger partial charge on any atom is -0.458 e. The summed E-state index contributed by atoms with van der Waals surface area (Å²) < 4.78 is 15.3. The summed E-state index contributed by atoms with van der Waals surface area (Å²) in [5.41, 5.74) is 1.34. The minimum atomic E-state index is -0.614. The van der Waals surface area contributed by atoms with Gasteiger partial charge >= 0.3 is 17.7 Å². The molecule has 0 radical (unpaired) electrons. The summed E-state index contributed by atoms with van der Waals surface area (Å²) in [5.74, 6) is -0.563. The molecular formula is C22H18ClNO6. The number of hydrogen-bond acceptors (Lipinski definition) is 6. The van der Waals surface area contributed by atoms with Gasteiger partial charge in [0, 0.05) is 39.9 Å². The molecule has 1 aromatic heterocycles. The molecule has 0 saturated carbocycles. The third kappa shape index (κ3) is 5.71. The number of carbonyl (C=O) groups excluding carboxylic acids is 2. The quantitative estimate of drug-likeness (QED) is 0.346. The van der Waals surface area contributed by atoms with Crippen molar-refractivity contribution in [3.63, 3.8) is 0 Å². The summed E-state index contributed by atoms with van der Waals surface area (Å²) >= 11 is 5.83. The zero-order chi connectivity index (χ0) is 21.5. The van der Waals surface area contributed by atoms with Gasteiger partial charge in [0.1, 0.15) is 12.2 Å². The first-order valence-corrected chi connectivity index (χ1v) is 9.43. The molecule has 0 aliphatic heterocycles. The minimum absolute atomic E-state index is 0.115. The highest BCUT2D eigenvalue weighted by atomic mass is 35.5. The molecule has 154 valence electrons. The molecule has 0 bridgehead atoms. The average Bonchev–Trinajstić information content (AvgIpc) is 2.71. The maximum atomic E-state index is 12.0. The Labute approximate surface area is 176 Å². The second-order valence-electron chi connectivity index (χ2n) is 6.14. The maximum Gasteiger partial charge on any atom is 0.411 e. The van der Waals surface area contributed by atoms with Gasteiger partial charge in [-0.2, -0.15) is 0 Å². The van der Waals surface area contributed by atoms with Crippen LogP contribution in [0.5, 0.6) is 0 Å². The van der Waals surface area contributed by atoms with Crippen LogP contribution in [-0.4, -0.2) is 18.7 Å². The van der Waals surface area contributed by atoms with Gasteiger partial charge in [-0.15, -0.1) is 0 Å². The van der Waals surface area contributed by atoms with Crippen molar-refractivity contribution in [3.05, 3.63) is 81.2 Å². The van der Waals surface area contributed by atoms with Crippen LogP contribution in [0.4, 0.5) is 10.5 Å². The van der Waals surface area contributed by atoms with E-state index >= 15 is 0 Å². The van der Waals surface area contributed by atoms with Crippen LogP contribution in [0, 0.1) is 0 Å². The fourth-order valence-electron chi connectivity index (χ4n) is 2.65. The molecule has 30 heavy (non-hydrogen) atoms. The van der Waals surface area contributed by atoms with E-state index in [0.29, 0.717) is 21.7 Å². The maximum absolute atomic E-state index is 12.0. The van der Waals surface area contributed by atoms with Crippen molar-refractivity contribution in [2.24, 2.45) is 0 Å². The van der Waals surface area contributed by atoms with Crippen molar-refractivity contribution in [1.29, 1.82) is 0 Å². The first kappa shape index (κ1) is 21.1. The lowest BCUT2D eigenvalue weighted by Crippen LogP contribution is -2.13. The molecule has 3 rings (SSSR count). The lowest BCUT2D eigenvalue weighted by atomic mass is 10.1. The van der Waals surface area contributed by atoms with Crippen molar-refractivity contribution in [3.8, 4) is 0 Å². The molecular weight excluding hydrogens is 410 g/mol. The molecule has 1 heterocycles. The van der Waals surface area contributed by atoms with Crippen molar-refractivity contribution >= 4 is 46.4 Å². The van der Waals surface area contributed by atoms with Gasteiger partial charge in [0.05, 0.1) is 6.61 Å². The lowest BCUT2D eigenvalue weighted by Gasteiger charge is -2.08. The summed E-state index contributed by atoms with van der Waals surface area (Å²) in [4.78, 5) is 35.4. The molecule has 8 heteroatoms. The lowest BCUT2D eigenvalue weighted by molar-refractivity contribution is -0.138. The Kier molecular flexibility index (Phi) is 6.87. The molecule has 3 aromatic rings. The van der Waals surface area contributed by atoms with Crippen LogP contribution >= 0.6 is 11.6 Å². The van der Waals surface area contributed by atoms with Crippen molar-refractivity contribution in [1.82, 2.24) is 0 Å². The second kappa shape index (κ2) is 9.76. The van der Waals surface area contributed by atoms with Crippen LogP contribution in [0.1, 0.15) is 18.1 Å². The van der Waals surface area contributed by atoms with Crippen molar-refractivity contribution in [2.45, 2.75) is 13.5 Å². The van der Waals surface area contributed by atoms with Crippen LogP contribution in [0.15, 0.2) is 63.8 Å². The zero-order valence-electron chi connectivity index (χ0n) is 16.0. The van der Waals surface area contributed by atoms with Gasteiger partial charge in [0.2, 0.25) is 0 Å². The largest absolute Gasteiger partial charge is 0.458 e. The monoisotopic (exact) mass is 427 g/mol. The SMILES string of the molecule is CCOC(=O)Nc1ccc2c(COC(=O)/C=C/c3ccc(Cl)cc3)cc(=O)oc2c1. The van der Waals surface area contributed by atoms with E-state index in [0.717, 1.165) is 5.56 Å². The van der Waals surface area contributed by atoms with Gasteiger partial charge in [0.15, 0.2) is 0 Å². The van der Waals surface area contributed by atoms with Gasteiger partial charge in [0.25, 0.3) is 0 Å². The third-order valence-electron chi connectivity index (χ3n) is 4.00. The van der Waals surface area contributed by atoms with Crippen molar-refractivity contribution < 1.29 is 23.5 Å². The number of esters is 1. The Hall–Kier alpha value is -3.58. The number of rotatable bonds is 6. The predicted molar refractivity (Wildman–Crippen MR) is 113 cm³/mol. The van der Waals surface area contributed by atoms with E-state index in [4.69, 9.17) is 25.5 Å². The van der Waals surface area contributed by atoms with E-state index in [2.05, 4.69) is 5.32 Å². The molecule has 0 fully saturated rings. The summed E-state index contributed by atoms with van der Waals surface area (Å²) in [5, 5.41) is 3.72. The summed E-state index contributed by atoms with van der Waals surface area (Å²) in [6.45, 7) is 1.81. The molecule has 0 spiro atoms. The van der Waals surface area contributed by atoms with Gasteiger partial charge in [-0.1, -0.05) is 23.7 Å². The standard InChI is InChI=1S/C22H18ClNO6/c1-2-28-22(27)24-17-8-9-18-15(11-21(26)30-19(18)12-17)13-29-20(25)10-5-14-3-6-16(23)7-4-14/h3-12H,2,13H2,1H3,(H,24,27)/b10-5+. The molecule has 1 N–H and O–H groups in total. The van der Waals surface area contributed by atoms with E-state index in [1.165, 1.54) is 18.2 Å². The Morgan fingerprint density at radius 2 is 1.87 bits per heavy atom. The van der Waals surface area contributed by atoms with Crippen LogP contribution in [-0.2, 0) is 20.9 Å². The number of halogens is 1. The molecule has 2 aromatic carbocycles. The fourth-order valence-corrected chi connectivity index (χ4v) is 2.77. The highest BCUT2D eigenvalue weighted by molar-refractivity contribution is 6.30. The first-order chi connectivity index (χ1) is 14.4. The zero-order valence-corrected chi connectivity index (χ0v) is 16.8. The summed E-state index contributed by atoms with van der Waals surface area (Å²) in [7, 11) is 0. The smallest absolute Gasteiger partial charge is 0.411 e. The van der Waals surface area contributed by atoms with Crippen LogP contribution in [0.2, 0.25) is 5.02 Å². The average molecular weight is 428 g/mol. The molecule has 0 aliphatic rings. The number of benzene rings is 2. The van der Waals surface area contributed by atoms with E-state index in [-0.39, 0.29) is 18.8 Å². The second-order valence-corrected chi connectivity index (χ2v) is 6.58. The Morgan fingerprint density at radius 1 is 1.10 bits per heavy atom. The normalized spacial score (nSPS) is 10.9. The molecule has 0 atom stereocenters. The Morgan fingerprint density at radius 3 is 2.60 bits per heavy atom. The predicted octanol–water partition coefficient (Wildman–Crippen LogP) is 4.77. The van der Waals surface area contributed by atoms with Crippen LogP contribution < -0.4 is 10.9 Å². The highest BCUT2D eigenvalue weighted by Gasteiger charge is 2.10. The number of anilines is 1. The molecule has 0 saturated heterocycles. The highest BCUT2D eigenvalue weighted by Crippen LogP contribution is 2.22. The number of carbonyl (C=O) groups is 2. The summed E-state index contributed by atoms with van der Waals surface area (Å²) in [6, 6.07) is 13.0. The number of hydrogen-bond donors (Lipinski definition) is 1. The van der Waals surface area contributed by atoms with E-state index in [9.17, 15) is 14.4 Å². The Bertz CT molecular complexity index is 1150. The van der Waals surface area contributed by atoms with Gasteiger partial charge in [-0.3, -0.25) is 5.32 Å². The number of amides is 1. The Balaban J connectivity index is 1.72. The van der Waals surface area contributed by atoms with Gasteiger partial charge in [-0.05, 0) is 42.8 Å². The van der Waals surface area contributed by atoms with Crippen LogP contribution in [0.25, 0.3) is 17.0 Å². The molecule has 7 nitrogen and oxygen atoms in total. The van der Waals surface area contributed by atoms with E-state index in [1.54, 1.807) is 49.4 Å². The third-order valence-corrected chi connectivity index (χ3v) is 4.26. The molecule has 0 aliphatic carbocycles. The van der Waals surface area contributed by atoms with E-state index < -0.39 is 17.7 Å². The van der Waals surface area contributed by atoms with Gasteiger partial charge < -0.3 is 13.9 Å². The number of nitrogens with one attached hydrogen (secondary N) is 1. The van der Waals surface area contributed by atoms with Gasteiger partial charge in [-0.25, -0.2) is 14.4 Å². The number of ether oxygens (including phenoxy) is 2. The number of fused-ring (bicyclic) bond motifs is 1. The van der Waals surface area contributed by atoms with Crippen molar-refractivity contribution in [2.75, 3.05) is 11.9 Å². The first-order valence-electron chi connectivity index (χ1n) is 9.05. The van der Waals surface area contributed by atoms with Crippen LogP contribution in [0.3, 0.4) is 0 Å². The van der Waals surface area contributed by atoms with E-state index in [1.807, 2.05) is 0 Å². The molecule has 0 unspecified atom stereocenters. The fraction of sp³-hybridized carbons (Fsp3) is 0.136. The molecule has 1 amide bonds.